The summed E-state index contributed by atoms with van der Waals surface area (Å²) in [6, 6.07) is 66.1. The minimum Gasteiger partial charge on any atom is -0.453 e. The second kappa shape index (κ2) is 12.7. The van der Waals surface area contributed by atoms with Crippen molar-refractivity contribution in [3.05, 3.63) is 199 Å². The first-order valence-corrected chi connectivity index (χ1v) is 18.7. The summed E-state index contributed by atoms with van der Waals surface area (Å²) in [5.74, 6) is 3.18. The van der Waals surface area contributed by atoms with Gasteiger partial charge in [-0.2, -0.15) is 0 Å². The van der Waals surface area contributed by atoms with Gasteiger partial charge in [-0.25, -0.2) is 0 Å². The Labute approximate surface area is 320 Å². The number of benzene rings is 8. The SMILES string of the molecule is c1ccc(-c2ccccc2C2Nc3ccc(-c4ccc5c(c4)Oc4cccc6c4N5c4ccccc4O6)cc3NC2c2ccccc2-c2ccccc2)cc1. The molecule has 3 aliphatic heterocycles. The summed E-state index contributed by atoms with van der Waals surface area (Å²) in [4.78, 5) is 2.26. The van der Waals surface area contributed by atoms with Gasteiger partial charge in [-0.1, -0.05) is 140 Å². The lowest BCUT2D eigenvalue weighted by atomic mass is 9.83. The van der Waals surface area contributed by atoms with Crippen LogP contribution in [0.1, 0.15) is 23.2 Å². The highest BCUT2D eigenvalue weighted by molar-refractivity contribution is 5.94. The van der Waals surface area contributed by atoms with Crippen LogP contribution in [0.5, 0.6) is 23.0 Å². The van der Waals surface area contributed by atoms with Gasteiger partial charge in [-0.15, -0.1) is 0 Å². The number of para-hydroxylation sites is 3. The van der Waals surface area contributed by atoms with Crippen LogP contribution in [0.25, 0.3) is 33.4 Å². The standard InChI is InChI=1S/C50H35N3O2/c1-3-14-32(15-4-1)36-18-7-9-20-38(36)48-49(39-21-10-8-19-37(39)33-16-5-2-6-17-33)52-41-30-34(26-28-40(41)51-48)35-27-29-43-47(31-35)55-46-25-13-24-45-50(46)53(43)42-22-11-12-23-44(42)54-45/h1-31,48-49,51-52H. The van der Waals surface area contributed by atoms with E-state index >= 15 is 0 Å². The molecule has 55 heavy (non-hydrogen) atoms. The largest absolute Gasteiger partial charge is 0.453 e. The maximum absolute atomic E-state index is 6.61. The molecule has 3 heterocycles. The van der Waals surface area contributed by atoms with E-state index in [2.05, 4.69) is 167 Å². The molecule has 262 valence electrons. The summed E-state index contributed by atoms with van der Waals surface area (Å²) >= 11 is 0. The summed E-state index contributed by atoms with van der Waals surface area (Å²) in [7, 11) is 0. The summed E-state index contributed by atoms with van der Waals surface area (Å²) in [6.07, 6.45) is 0. The lowest BCUT2D eigenvalue weighted by Gasteiger charge is -2.39. The average molecular weight is 710 g/mol. The normalized spacial score (nSPS) is 15.8. The van der Waals surface area contributed by atoms with Gasteiger partial charge in [-0.05, 0) is 93.0 Å². The molecule has 2 N–H and O–H groups in total. The highest BCUT2D eigenvalue weighted by atomic mass is 16.5. The van der Waals surface area contributed by atoms with Gasteiger partial charge in [0.1, 0.15) is 5.69 Å². The summed E-state index contributed by atoms with van der Waals surface area (Å²) in [6.45, 7) is 0. The molecule has 0 saturated heterocycles. The molecular weight excluding hydrogens is 675 g/mol. The second-order valence-electron chi connectivity index (χ2n) is 14.2. The third-order valence-corrected chi connectivity index (χ3v) is 11.0. The average Bonchev–Trinajstić information content (AvgIpc) is 3.26. The smallest absolute Gasteiger partial charge is 0.155 e. The number of ether oxygens (including phenoxy) is 2. The fourth-order valence-electron chi connectivity index (χ4n) is 8.47. The molecule has 8 aromatic carbocycles. The van der Waals surface area contributed by atoms with E-state index in [4.69, 9.17) is 9.47 Å². The highest BCUT2D eigenvalue weighted by Gasteiger charge is 2.36. The Hall–Kier alpha value is -7.24. The quantitative estimate of drug-likeness (QED) is 0.186. The minimum atomic E-state index is -0.0806. The topological polar surface area (TPSA) is 45.8 Å². The number of nitrogens with zero attached hydrogens (tertiary/aromatic N) is 1. The second-order valence-corrected chi connectivity index (χ2v) is 14.2. The Morgan fingerprint density at radius 3 is 1.56 bits per heavy atom. The minimum absolute atomic E-state index is 0.0573. The van der Waals surface area contributed by atoms with Crippen molar-refractivity contribution in [3.63, 3.8) is 0 Å². The van der Waals surface area contributed by atoms with Crippen molar-refractivity contribution in [1.29, 1.82) is 0 Å². The molecule has 2 atom stereocenters. The Bertz CT molecular complexity index is 2750. The van der Waals surface area contributed by atoms with Gasteiger partial charge in [-0.3, -0.25) is 4.90 Å². The summed E-state index contributed by atoms with van der Waals surface area (Å²) in [5.41, 5.74) is 14.5. The van der Waals surface area contributed by atoms with Crippen molar-refractivity contribution in [3.8, 4) is 56.4 Å². The first kappa shape index (κ1) is 31.3. The number of hydrogen-bond donors (Lipinski definition) is 2. The van der Waals surface area contributed by atoms with Crippen LogP contribution in [0.3, 0.4) is 0 Å². The van der Waals surface area contributed by atoms with Crippen molar-refractivity contribution in [2.24, 2.45) is 0 Å². The van der Waals surface area contributed by atoms with E-state index in [0.29, 0.717) is 0 Å². The van der Waals surface area contributed by atoms with E-state index in [9.17, 15) is 0 Å². The Morgan fingerprint density at radius 2 is 0.873 bits per heavy atom. The monoisotopic (exact) mass is 709 g/mol. The molecule has 0 amide bonds. The van der Waals surface area contributed by atoms with Gasteiger partial charge in [0.25, 0.3) is 0 Å². The van der Waals surface area contributed by atoms with Crippen molar-refractivity contribution in [2.45, 2.75) is 12.1 Å². The zero-order valence-electron chi connectivity index (χ0n) is 29.8. The first-order chi connectivity index (χ1) is 27.3. The van der Waals surface area contributed by atoms with Crippen LogP contribution >= 0.6 is 0 Å². The van der Waals surface area contributed by atoms with Gasteiger partial charge in [0.2, 0.25) is 0 Å². The van der Waals surface area contributed by atoms with Crippen molar-refractivity contribution in [1.82, 2.24) is 0 Å². The zero-order valence-corrected chi connectivity index (χ0v) is 29.8. The van der Waals surface area contributed by atoms with Gasteiger partial charge >= 0.3 is 0 Å². The molecule has 5 heteroatoms. The number of fused-ring (bicyclic) bond motifs is 5. The molecule has 0 radical (unpaired) electrons. The predicted octanol–water partition coefficient (Wildman–Crippen LogP) is 13.7. The van der Waals surface area contributed by atoms with E-state index in [1.54, 1.807) is 0 Å². The molecule has 0 spiro atoms. The molecule has 11 rings (SSSR count). The van der Waals surface area contributed by atoms with Crippen LogP contribution in [0.2, 0.25) is 0 Å². The van der Waals surface area contributed by atoms with Gasteiger partial charge in [0.15, 0.2) is 23.0 Å². The van der Waals surface area contributed by atoms with E-state index in [0.717, 1.165) is 62.6 Å². The Kier molecular flexibility index (Phi) is 7.24. The molecule has 0 aromatic heterocycles. The third-order valence-electron chi connectivity index (χ3n) is 11.0. The van der Waals surface area contributed by atoms with Crippen LogP contribution in [0.15, 0.2) is 188 Å². The van der Waals surface area contributed by atoms with Crippen LogP contribution in [-0.4, -0.2) is 0 Å². The van der Waals surface area contributed by atoms with E-state index < -0.39 is 0 Å². The summed E-state index contributed by atoms with van der Waals surface area (Å²) < 4.78 is 12.9. The molecule has 0 fully saturated rings. The van der Waals surface area contributed by atoms with Crippen LogP contribution in [-0.2, 0) is 0 Å². The zero-order chi connectivity index (χ0) is 36.3. The van der Waals surface area contributed by atoms with E-state index in [1.165, 1.54) is 33.4 Å². The molecule has 8 aromatic rings. The molecule has 0 bridgehead atoms. The van der Waals surface area contributed by atoms with E-state index in [-0.39, 0.29) is 12.1 Å². The Balaban J connectivity index is 1.01. The van der Waals surface area contributed by atoms with Crippen molar-refractivity contribution >= 4 is 28.4 Å². The molecule has 3 aliphatic rings. The third kappa shape index (κ3) is 5.24. The van der Waals surface area contributed by atoms with Crippen molar-refractivity contribution in [2.75, 3.05) is 15.5 Å². The maximum atomic E-state index is 6.61. The molecular formula is C50H35N3O2. The summed E-state index contributed by atoms with van der Waals surface area (Å²) in [5, 5.41) is 8.08. The number of hydrogen-bond acceptors (Lipinski definition) is 5. The predicted molar refractivity (Wildman–Crippen MR) is 223 cm³/mol. The molecule has 0 aliphatic carbocycles. The first-order valence-electron chi connectivity index (χ1n) is 18.7. The van der Waals surface area contributed by atoms with Gasteiger partial charge in [0.05, 0.1) is 34.8 Å². The number of nitrogens with one attached hydrogen (secondary N) is 2. The lowest BCUT2D eigenvalue weighted by molar-refractivity contribution is 0.446. The van der Waals surface area contributed by atoms with Crippen LogP contribution < -0.4 is 25.0 Å². The molecule has 2 unspecified atom stereocenters. The molecule has 0 saturated carbocycles. The fourth-order valence-corrected chi connectivity index (χ4v) is 8.47. The highest BCUT2D eigenvalue weighted by Crippen LogP contribution is 2.60. The molecule has 5 nitrogen and oxygen atoms in total. The fraction of sp³-hybridized carbons (Fsp3) is 0.0400. The number of anilines is 5. The van der Waals surface area contributed by atoms with E-state index in [1.807, 2.05) is 36.4 Å². The van der Waals surface area contributed by atoms with Crippen LogP contribution in [0, 0.1) is 0 Å². The van der Waals surface area contributed by atoms with Crippen LogP contribution in [0.4, 0.5) is 28.4 Å². The van der Waals surface area contributed by atoms with Gasteiger partial charge in [0, 0.05) is 0 Å². The Morgan fingerprint density at radius 1 is 0.364 bits per heavy atom. The lowest BCUT2D eigenvalue weighted by Crippen LogP contribution is -2.31. The number of rotatable bonds is 5. The van der Waals surface area contributed by atoms with Crippen molar-refractivity contribution < 1.29 is 9.47 Å². The maximum Gasteiger partial charge on any atom is 0.155 e. The van der Waals surface area contributed by atoms with Gasteiger partial charge < -0.3 is 20.1 Å².